The minimum Gasteiger partial charge on any atom is -0.394 e. The highest BCUT2D eigenvalue weighted by Crippen LogP contribution is 2.69. The number of hydrogen-bond donors (Lipinski definition) is 5. The second-order valence-electron chi connectivity index (χ2n) is 13.6. The molecule has 6 rings (SSSR count). The summed E-state index contributed by atoms with van der Waals surface area (Å²) in [5.41, 5.74) is -1.60. The molecule has 11 nitrogen and oxygen atoms in total. The van der Waals surface area contributed by atoms with E-state index < -0.39 is 84.6 Å². The van der Waals surface area contributed by atoms with Gasteiger partial charge in [0, 0.05) is 16.7 Å². The molecule has 0 amide bonds. The van der Waals surface area contributed by atoms with Crippen molar-refractivity contribution in [1.29, 1.82) is 0 Å². The van der Waals surface area contributed by atoms with Gasteiger partial charge in [0.25, 0.3) is 0 Å². The summed E-state index contributed by atoms with van der Waals surface area (Å²) in [6.07, 6.45) is -0.302. The van der Waals surface area contributed by atoms with Gasteiger partial charge in [0.1, 0.15) is 31.0 Å². The van der Waals surface area contributed by atoms with Gasteiger partial charge < -0.3 is 44.5 Å². The summed E-state index contributed by atoms with van der Waals surface area (Å²) in [7, 11) is 0. The van der Waals surface area contributed by atoms with Crippen molar-refractivity contribution in [2.24, 2.45) is 28.6 Å². The van der Waals surface area contributed by atoms with E-state index in [0.717, 1.165) is 24.8 Å². The Bertz CT molecular complexity index is 1150. The summed E-state index contributed by atoms with van der Waals surface area (Å²) in [5.74, 6) is -0.484. The maximum Gasteiger partial charge on any atom is 0.193 e. The fraction of sp³-hybridized carbons (Fsp3) is 0.806. The SMILES string of the molecule is CCCC1O[C@H]2CC3C4CCC5=CC(=O)C=C[C@]5(C)C4[C@H](O)C[C@]3(C)[C@]2(C(=O)CO[C@@H]2O[C@H](CO)[C@@H](O)[C@H](O)[C@H]2O)O1. The first-order chi connectivity index (χ1) is 19.9. The van der Waals surface area contributed by atoms with Crippen LogP contribution in [-0.2, 0) is 28.5 Å². The maximum atomic E-state index is 14.3. The Morgan fingerprint density at radius 2 is 1.88 bits per heavy atom. The minimum absolute atomic E-state index is 0.000843. The van der Waals surface area contributed by atoms with E-state index in [0.29, 0.717) is 19.3 Å². The lowest BCUT2D eigenvalue weighted by Gasteiger charge is -2.59. The lowest BCUT2D eigenvalue weighted by molar-refractivity contribution is -0.300. The zero-order valence-electron chi connectivity index (χ0n) is 24.4. The monoisotopic (exact) mass is 592 g/mol. The van der Waals surface area contributed by atoms with Crippen LogP contribution in [0.5, 0.6) is 0 Å². The van der Waals surface area contributed by atoms with Crippen molar-refractivity contribution in [1.82, 2.24) is 0 Å². The van der Waals surface area contributed by atoms with Gasteiger partial charge in [0.05, 0.1) is 18.8 Å². The Morgan fingerprint density at radius 3 is 2.60 bits per heavy atom. The van der Waals surface area contributed by atoms with E-state index in [2.05, 4.69) is 6.92 Å². The van der Waals surface area contributed by atoms with Crippen molar-refractivity contribution < 1.29 is 54.1 Å². The number of aliphatic hydroxyl groups excluding tert-OH is 5. The number of rotatable bonds is 7. The van der Waals surface area contributed by atoms with Crippen LogP contribution in [0.1, 0.15) is 59.3 Å². The molecule has 234 valence electrons. The largest absolute Gasteiger partial charge is 0.394 e. The first-order valence-electron chi connectivity index (χ1n) is 15.3. The molecule has 5 N–H and O–H groups in total. The van der Waals surface area contributed by atoms with Crippen molar-refractivity contribution >= 4 is 11.6 Å². The molecule has 0 spiro atoms. The number of Topliss-reactive ketones (excluding diaryl/α,β-unsaturated/α-hetero) is 1. The Labute approximate surface area is 245 Å². The van der Waals surface area contributed by atoms with Crippen LogP contribution in [0.15, 0.2) is 23.8 Å². The molecule has 0 aromatic rings. The molecule has 0 bridgehead atoms. The third kappa shape index (κ3) is 4.27. The molecule has 5 fully saturated rings. The summed E-state index contributed by atoms with van der Waals surface area (Å²) < 4.78 is 24.2. The van der Waals surface area contributed by atoms with Crippen LogP contribution in [0.3, 0.4) is 0 Å². The summed E-state index contributed by atoms with van der Waals surface area (Å²) in [5, 5.41) is 52.1. The molecule has 4 unspecified atom stereocenters. The van der Waals surface area contributed by atoms with Crippen LogP contribution >= 0.6 is 0 Å². The van der Waals surface area contributed by atoms with E-state index in [9.17, 15) is 35.1 Å². The zero-order valence-corrected chi connectivity index (χ0v) is 24.4. The average Bonchev–Trinajstić information content (AvgIpc) is 3.43. The molecular weight excluding hydrogens is 548 g/mol. The van der Waals surface area contributed by atoms with Gasteiger partial charge >= 0.3 is 0 Å². The number of carbonyl (C=O) groups excluding carboxylic acids is 2. The third-order valence-corrected chi connectivity index (χ3v) is 11.5. The van der Waals surface area contributed by atoms with Gasteiger partial charge in [0.15, 0.2) is 29.7 Å². The fourth-order valence-corrected chi connectivity index (χ4v) is 9.48. The molecule has 2 saturated heterocycles. The number of ketones is 2. The molecule has 11 heteroatoms. The number of aliphatic hydroxyl groups is 5. The molecule has 0 aromatic heterocycles. The van der Waals surface area contributed by atoms with Gasteiger partial charge in [-0.2, -0.15) is 0 Å². The Kier molecular flexibility index (Phi) is 7.85. The summed E-state index contributed by atoms with van der Waals surface area (Å²) in [4.78, 5) is 26.5. The molecule has 14 atom stereocenters. The van der Waals surface area contributed by atoms with Crippen LogP contribution < -0.4 is 0 Å². The summed E-state index contributed by atoms with van der Waals surface area (Å²) in [6, 6.07) is 0. The normalized spacial score (nSPS) is 51.4. The second kappa shape index (κ2) is 10.8. The van der Waals surface area contributed by atoms with Crippen LogP contribution in [-0.4, -0.2) is 105 Å². The predicted molar refractivity (Wildman–Crippen MR) is 145 cm³/mol. The first-order valence-corrected chi connectivity index (χ1v) is 15.3. The van der Waals surface area contributed by atoms with Gasteiger partial charge in [-0.1, -0.05) is 38.8 Å². The smallest absolute Gasteiger partial charge is 0.193 e. The Morgan fingerprint density at radius 1 is 1.12 bits per heavy atom. The van der Waals surface area contributed by atoms with E-state index >= 15 is 0 Å². The van der Waals surface area contributed by atoms with E-state index in [-0.39, 0.29) is 23.5 Å². The number of fused-ring (bicyclic) bond motifs is 7. The highest BCUT2D eigenvalue weighted by Gasteiger charge is 2.75. The quantitative estimate of drug-likeness (QED) is 0.279. The highest BCUT2D eigenvalue weighted by atomic mass is 16.7. The number of ether oxygens (including phenoxy) is 4. The maximum absolute atomic E-state index is 14.3. The van der Waals surface area contributed by atoms with Crippen molar-refractivity contribution in [3.63, 3.8) is 0 Å². The van der Waals surface area contributed by atoms with Crippen LogP contribution in [0.4, 0.5) is 0 Å². The van der Waals surface area contributed by atoms with Crippen LogP contribution in [0.25, 0.3) is 0 Å². The molecule has 0 radical (unpaired) electrons. The second-order valence-corrected chi connectivity index (χ2v) is 13.6. The molecule has 6 aliphatic rings. The fourth-order valence-electron chi connectivity index (χ4n) is 9.48. The van der Waals surface area contributed by atoms with E-state index in [1.54, 1.807) is 12.2 Å². The molecule has 2 aliphatic heterocycles. The van der Waals surface area contributed by atoms with Crippen molar-refractivity contribution in [3.8, 4) is 0 Å². The van der Waals surface area contributed by atoms with Gasteiger partial charge in [0.2, 0.25) is 0 Å². The molecule has 0 aromatic carbocycles. The minimum atomic E-state index is -1.64. The van der Waals surface area contributed by atoms with Crippen molar-refractivity contribution in [2.75, 3.05) is 13.2 Å². The molecule has 2 heterocycles. The third-order valence-electron chi connectivity index (χ3n) is 11.5. The Balaban J connectivity index is 1.29. The average molecular weight is 593 g/mol. The Hall–Kier alpha value is -1.54. The van der Waals surface area contributed by atoms with Crippen LogP contribution in [0, 0.1) is 28.6 Å². The lowest BCUT2D eigenvalue weighted by Crippen LogP contribution is -2.64. The number of carbonyl (C=O) groups is 2. The standard InChI is InChI=1S/C31H44O11/c1-4-5-23-41-22-11-18-17-7-6-15-10-16(33)8-9-29(15,2)24(17)19(34)12-30(18,3)31(22,42-23)21(35)14-39-28-27(38)26(37)25(36)20(13-32)40-28/h8-10,17-20,22-28,32,34,36-38H,4-7,11-14H2,1-3H3/t17?,18?,19-,20-,22+,23?,24?,25-,26+,27-,28-,29+,30+,31-/m1/s1. The van der Waals surface area contributed by atoms with E-state index in [1.807, 2.05) is 19.9 Å². The van der Waals surface area contributed by atoms with Crippen LogP contribution in [0.2, 0.25) is 0 Å². The molecule has 3 saturated carbocycles. The summed E-state index contributed by atoms with van der Waals surface area (Å²) >= 11 is 0. The predicted octanol–water partition coefficient (Wildman–Crippen LogP) is 0.541. The van der Waals surface area contributed by atoms with E-state index in [4.69, 9.17) is 18.9 Å². The van der Waals surface area contributed by atoms with Gasteiger partial charge in [-0.05, 0) is 56.1 Å². The number of hydrogen-bond acceptors (Lipinski definition) is 11. The lowest BCUT2D eigenvalue weighted by atomic mass is 9.46. The summed E-state index contributed by atoms with van der Waals surface area (Å²) in [6.45, 7) is 4.98. The molecular formula is C31H44O11. The highest BCUT2D eigenvalue weighted by molar-refractivity contribution is 6.01. The first kappa shape index (κ1) is 30.5. The van der Waals surface area contributed by atoms with Crippen molar-refractivity contribution in [3.05, 3.63) is 23.8 Å². The topological polar surface area (TPSA) is 172 Å². The van der Waals surface area contributed by atoms with E-state index in [1.165, 1.54) is 0 Å². The van der Waals surface area contributed by atoms with Gasteiger partial charge in [-0.15, -0.1) is 0 Å². The zero-order chi connectivity index (χ0) is 30.2. The number of allylic oxidation sites excluding steroid dienone is 4. The van der Waals surface area contributed by atoms with Crippen molar-refractivity contribution in [2.45, 2.75) is 114 Å². The van der Waals surface area contributed by atoms with Gasteiger partial charge in [-0.25, -0.2) is 0 Å². The molecule has 42 heavy (non-hydrogen) atoms. The van der Waals surface area contributed by atoms with Gasteiger partial charge in [-0.3, -0.25) is 9.59 Å². The molecule has 4 aliphatic carbocycles.